The Bertz CT molecular complexity index is 761. The van der Waals surface area contributed by atoms with Gasteiger partial charge in [0.25, 0.3) is 0 Å². The fourth-order valence-corrected chi connectivity index (χ4v) is 2.37. The van der Waals surface area contributed by atoms with E-state index >= 15 is 0 Å². The van der Waals surface area contributed by atoms with Gasteiger partial charge < -0.3 is 10.3 Å². The molecule has 0 aliphatic rings. The number of hydrogen-bond acceptors (Lipinski definition) is 3. The Morgan fingerprint density at radius 1 is 1.42 bits per heavy atom. The van der Waals surface area contributed by atoms with Crippen LogP contribution in [0, 0.1) is 5.82 Å². The molecule has 5 nitrogen and oxygen atoms in total. The molecule has 2 aromatic heterocycles. The van der Waals surface area contributed by atoms with Gasteiger partial charge in [0.15, 0.2) is 0 Å². The van der Waals surface area contributed by atoms with Crippen LogP contribution in [0.1, 0.15) is 5.56 Å². The van der Waals surface area contributed by atoms with Gasteiger partial charge in [-0.1, -0.05) is 0 Å². The molecular weight excluding hydrogens is 313 g/mol. The number of nitrogens with zero attached hydrogens (tertiary/aromatic N) is 4. The minimum atomic E-state index is -0.333. The molecule has 0 fully saturated rings. The average Bonchev–Trinajstić information content (AvgIpc) is 2.87. The van der Waals surface area contributed by atoms with Crippen molar-refractivity contribution in [3.63, 3.8) is 0 Å². The van der Waals surface area contributed by atoms with Gasteiger partial charge in [0.2, 0.25) is 5.95 Å². The van der Waals surface area contributed by atoms with E-state index in [4.69, 9.17) is 5.73 Å². The lowest BCUT2D eigenvalue weighted by Gasteiger charge is -2.04. The van der Waals surface area contributed by atoms with Crippen molar-refractivity contribution in [2.45, 2.75) is 6.54 Å². The summed E-state index contributed by atoms with van der Waals surface area (Å²) in [4.78, 5) is 4.23. The highest BCUT2D eigenvalue weighted by atomic mass is 79.9. The van der Waals surface area contributed by atoms with Crippen molar-refractivity contribution in [1.29, 1.82) is 0 Å². The Kier molecular flexibility index (Phi) is 2.78. The van der Waals surface area contributed by atoms with Gasteiger partial charge in [0.05, 0.1) is 28.2 Å². The second-order valence-electron chi connectivity index (χ2n) is 4.33. The molecule has 1 aromatic carbocycles. The molecule has 3 rings (SSSR count). The number of anilines is 1. The number of hydrogen-bond donors (Lipinski definition) is 1. The average molecular weight is 324 g/mol. The Morgan fingerprint density at radius 2 is 2.21 bits per heavy atom. The van der Waals surface area contributed by atoms with E-state index in [-0.39, 0.29) is 5.82 Å². The van der Waals surface area contributed by atoms with E-state index in [1.165, 1.54) is 6.07 Å². The molecule has 0 aliphatic carbocycles. The highest BCUT2D eigenvalue weighted by Gasteiger charge is 2.12. The zero-order chi connectivity index (χ0) is 13.6. The second kappa shape index (κ2) is 4.34. The number of nitrogens with two attached hydrogens (primary N) is 1. The van der Waals surface area contributed by atoms with Crippen molar-refractivity contribution in [3.8, 4) is 0 Å². The monoisotopic (exact) mass is 323 g/mol. The molecule has 19 heavy (non-hydrogen) atoms. The maximum atomic E-state index is 13.6. The quantitative estimate of drug-likeness (QED) is 0.787. The smallest absolute Gasteiger partial charge is 0.201 e. The maximum Gasteiger partial charge on any atom is 0.201 e. The first kappa shape index (κ1) is 12.2. The van der Waals surface area contributed by atoms with E-state index < -0.39 is 0 Å². The largest absolute Gasteiger partial charge is 0.369 e. The van der Waals surface area contributed by atoms with Crippen molar-refractivity contribution >= 4 is 32.9 Å². The minimum absolute atomic E-state index is 0.333. The van der Waals surface area contributed by atoms with E-state index in [9.17, 15) is 4.39 Å². The van der Waals surface area contributed by atoms with Crippen molar-refractivity contribution in [2.75, 3.05) is 5.73 Å². The van der Waals surface area contributed by atoms with Crippen LogP contribution in [0.5, 0.6) is 0 Å². The van der Waals surface area contributed by atoms with Gasteiger partial charge >= 0.3 is 0 Å². The third-order valence-electron chi connectivity index (χ3n) is 2.92. The van der Waals surface area contributed by atoms with E-state index in [0.717, 1.165) is 5.56 Å². The Labute approximate surface area is 117 Å². The molecule has 0 saturated carbocycles. The minimum Gasteiger partial charge on any atom is -0.369 e. The van der Waals surface area contributed by atoms with E-state index in [1.807, 2.05) is 13.2 Å². The summed E-state index contributed by atoms with van der Waals surface area (Å²) in [7, 11) is 1.84. The molecule has 0 amide bonds. The van der Waals surface area contributed by atoms with Crippen LogP contribution in [0.3, 0.4) is 0 Å². The molecule has 0 radical (unpaired) electrons. The highest BCUT2D eigenvalue weighted by Crippen LogP contribution is 2.25. The van der Waals surface area contributed by atoms with Crippen LogP contribution in [-0.2, 0) is 13.6 Å². The van der Waals surface area contributed by atoms with Gasteiger partial charge in [0.1, 0.15) is 5.82 Å². The molecule has 2 N–H and O–H groups in total. The van der Waals surface area contributed by atoms with Crippen molar-refractivity contribution in [1.82, 2.24) is 19.3 Å². The predicted molar refractivity (Wildman–Crippen MR) is 74.1 cm³/mol. The van der Waals surface area contributed by atoms with Gasteiger partial charge in [0, 0.05) is 24.9 Å². The molecule has 98 valence electrons. The Balaban J connectivity index is 2.12. The number of benzene rings is 1. The molecule has 0 saturated heterocycles. The predicted octanol–water partition coefficient (Wildman–Crippen LogP) is 2.30. The first-order valence-corrected chi connectivity index (χ1v) is 6.42. The fraction of sp³-hybridized carbons (Fsp3) is 0.167. The third-order valence-corrected chi connectivity index (χ3v) is 3.53. The fourth-order valence-electron chi connectivity index (χ4n) is 2.04. The number of halogens is 2. The summed E-state index contributed by atoms with van der Waals surface area (Å²) in [5.74, 6) is 0.0242. The van der Waals surface area contributed by atoms with Crippen molar-refractivity contribution < 1.29 is 4.39 Å². The first-order valence-electron chi connectivity index (χ1n) is 5.63. The van der Waals surface area contributed by atoms with Gasteiger partial charge in [-0.2, -0.15) is 5.10 Å². The molecule has 2 heterocycles. The maximum absolute atomic E-state index is 13.6. The first-order chi connectivity index (χ1) is 9.04. The van der Waals surface area contributed by atoms with Crippen molar-refractivity contribution in [3.05, 3.63) is 40.4 Å². The number of nitrogen functional groups attached to an aromatic ring is 1. The van der Waals surface area contributed by atoms with E-state index in [1.54, 1.807) is 21.5 Å². The molecule has 0 bridgehead atoms. The second-order valence-corrected chi connectivity index (χ2v) is 5.19. The lowest BCUT2D eigenvalue weighted by molar-refractivity contribution is 0.622. The van der Waals surface area contributed by atoms with Crippen LogP contribution in [0.25, 0.3) is 11.0 Å². The van der Waals surface area contributed by atoms with Gasteiger partial charge in [-0.25, -0.2) is 9.37 Å². The topological polar surface area (TPSA) is 61.7 Å². The molecule has 0 aliphatic heterocycles. The van der Waals surface area contributed by atoms with Gasteiger partial charge in [-0.05, 0) is 22.0 Å². The van der Waals surface area contributed by atoms with Crippen LogP contribution in [0.2, 0.25) is 0 Å². The van der Waals surface area contributed by atoms with E-state index in [2.05, 4.69) is 26.0 Å². The highest BCUT2D eigenvalue weighted by molar-refractivity contribution is 9.10. The van der Waals surface area contributed by atoms with E-state index in [0.29, 0.717) is 28.0 Å². The Hall–Kier alpha value is -1.89. The van der Waals surface area contributed by atoms with Gasteiger partial charge in [-0.15, -0.1) is 0 Å². The summed E-state index contributed by atoms with van der Waals surface area (Å²) in [6.07, 6.45) is 3.64. The van der Waals surface area contributed by atoms with Crippen LogP contribution in [-0.4, -0.2) is 19.3 Å². The van der Waals surface area contributed by atoms with Gasteiger partial charge in [-0.3, -0.25) is 4.68 Å². The van der Waals surface area contributed by atoms with Crippen LogP contribution in [0.15, 0.2) is 29.0 Å². The summed E-state index contributed by atoms with van der Waals surface area (Å²) in [5.41, 5.74) is 8.21. The third kappa shape index (κ3) is 2.10. The van der Waals surface area contributed by atoms with Crippen LogP contribution >= 0.6 is 15.9 Å². The Morgan fingerprint density at radius 3 is 2.89 bits per heavy atom. The number of imidazole rings is 1. The molecule has 0 atom stereocenters. The SMILES string of the molecule is Cn1cc(Cn2c(N)nc3cc(Br)c(F)cc32)cn1. The number of aryl methyl sites for hydroxylation is 1. The number of aromatic nitrogens is 4. The zero-order valence-corrected chi connectivity index (χ0v) is 11.7. The molecule has 3 aromatic rings. The zero-order valence-electron chi connectivity index (χ0n) is 10.1. The lowest BCUT2D eigenvalue weighted by Crippen LogP contribution is -2.04. The summed E-state index contributed by atoms with van der Waals surface area (Å²) in [6, 6.07) is 3.06. The number of fused-ring (bicyclic) bond motifs is 1. The summed E-state index contributed by atoms with van der Waals surface area (Å²) in [5, 5.41) is 4.10. The van der Waals surface area contributed by atoms with Crippen molar-refractivity contribution in [2.24, 2.45) is 7.05 Å². The summed E-state index contributed by atoms with van der Waals surface area (Å²) < 4.78 is 17.5. The summed E-state index contributed by atoms with van der Waals surface area (Å²) in [6.45, 7) is 0.511. The normalized spacial score (nSPS) is 11.3. The molecule has 0 unspecified atom stereocenters. The summed E-state index contributed by atoms with van der Waals surface area (Å²) >= 11 is 3.14. The number of rotatable bonds is 2. The molecule has 7 heteroatoms. The van der Waals surface area contributed by atoms with Crippen LogP contribution in [0.4, 0.5) is 10.3 Å². The molecule has 0 spiro atoms. The lowest BCUT2D eigenvalue weighted by atomic mass is 10.3. The standard InChI is InChI=1S/C12H11BrFN5/c1-18-5-7(4-16-18)6-19-11-3-9(14)8(13)2-10(11)17-12(19)15/h2-5H,6H2,1H3,(H2,15,17). The molecular formula is C12H11BrFN5. The van der Waals surface area contributed by atoms with Crippen LogP contribution < -0.4 is 5.73 Å².